The van der Waals surface area contributed by atoms with E-state index in [1.54, 1.807) is 0 Å². The van der Waals surface area contributed by atoms with Gasteiger partial charge in [-0.3, -0.25) is 0 Å². The second-order valence-electron chi connectivity index (χ2n) is 6.21. The summed E-state index contributed by atoms with van der Waals surface area (Å²) in [4.78, 5) is 2.41. The Kier molecular flexibility index (Phi) is 5.72. The average molecular weight is 276 g/mol. The lowest BCUT2D eigenvalue weighted by Gasteiger charge is -2.32. The Morgan fingerprint density at radius 3 is 2.75 bits per heavy atom. The summed E-state index contributed by atoms with van der Waals surface area (Å²) in [5.41, 5.74) is 7.22. The highest BCUT2D eigenvalue weighted by atomic mass is 16.5. The first-order valence-corrected chi connectivity index (χ1v) is 7.88. The minimum Gasteiger partial charge on any atom is -0.494 e. The topological polar surface area (TPSA) is 38.5 Å². The molecule has 0 amide bonds. The predicted molar refractivity (Wildman–Crippen MR) is 85.4 cm³/mol. The van der Waals surface area contributed by atoms with E-state index < -0.39 is 0 Å². The van der Waals surface area contributed by atoms with Gasteiger partial charge < -0.3 is 15.4 Å². The highest BCUT2D eigenvalue weighted by Gasteiger charge is 2.16. The SMILES string of the molecule is CC(C)CCCOc1cccc(N2CCC(N)CC2)c1. The second-order valence-corrected chi connectivity index (χ2v) is 6.21. The van der Waals surface area contributed by atoms with Crippen LogP contribution in [-0.2, 0) is 0 Å². The third-order valence-corrected chi connectivity index (χ3v) is 3.92. The minimum absolute atomic E-state index is 0.377. The average Bonchev–Trinajstić information content (AvgIpc) is 2.44. The van der Waals surface area contributed by atoms with Gasteiger partial charge in [0.1, 0.15) is 5.75 Å². The van der Waals surface area contributed by atoms with E-state index >= 15 is 0 Å². The zero-order valence-electron chi connectivity index (χ0n) is 12.8. The molecule has 1 heterocycles. The van der Waals surface area contributed by atoms with E-state index in [4.69, 9.17) is 10.5 Å². The fourth-order valence-electron chi connectivity index (χ4n) is 2.61. The zero-order chi connectivity index (χ0) is 14.4. The third kappa shape index (κ3) is 4.71. The Morgan fingerprint density at radius 2 is 2.05 bits per heavy atom. The van der Waals surface area contributed by atoms with Crippen LogP contribution < -0.4 is 15.4 Å². The molecule has 0 bridgehead atoms. The number of hydrogen-bond acceptors (Lipinski definition) is 3. The summed E-state index contributed by atoms with van der Waals surface area (Å²) in [5.74, 6) is 1.74. The summed E-state index contributed by atoms with van der Waals surface area (Å²) in [6, 6.07) is 8.84. The maximum atomic E-state index is 5.96. The van der Waals surface area contributed by atoms with E-state index in [0.29, 0.717) is 6.04 Å². The largest absolute Gasteiger partial charge is 0.494 e. The molecule has 1 aromatic rings. The maximum absolute atomic E-state index is 5.96. The third-order valence-electron chi connectivity index (χ3n) is 3.92. The van der Waals surface area contributed by atoms with Crippen molar-refractivity contribution in [1.29, 1.82) is 0 Å². The first-order valence-electron chi connectivity index (χ1n) is 7.88. The summed E-state index contributed by atoms with van der Waals surface area (Å²) in [6.45, 7) is 7.42. The molecule has 2 rings (SSSR count). The fourth-order valence-corrected chi connectivity index (χ4v) is 2.61. The van der Waals surface area contributed by atoms with Gasteiger partial charge in [-0.1, -0.05) is 19.9 Å². The lowest BCUT2D eigenvalue weighted by molar-refractivity contribution is 0.297. The smallest absolute Gasteiger partial charge is 0.121 e. The molecule has 0 radical (unpaired) electrons. The van der Waals surface area contributed by atoms with Gasteiger partial charge in [-0.15, -0.1) is 0 Å². The number of hydrogen-bond donors (Lipinski definition) is 1. The number of anilines is 1. The lowest BCUT2D eigenvalue weighted by atomic mass is 10.1. The van der Waals surface area contributed by atoms with Crippen molar-refractivity contribution < 1.29 is 4.74 Å². The van der Waals surface area contributed by atoms with E-state index in [-0.39, 0.29) is 0 Å². The molecule has 0 spiro atoms. The summed E-state index contributed by atoms with van der Waals surface area (Å²) >= 11 is 0. The van der Waals surface area contributed by atoms with Crippen LogP contribution in [0.1, 0.15) is 39.5 Å². The van der Waals surface area contributed by atoms with Crippen molar-refractivity contribution >= 4 is 5.69 Å². The van der Waals surface area contributed by atoms with E-state index in [1.165, 1.54) is 12.1 Å². The van der Waals surface area contributed by atoms with Crippen LogP contribution in [0.3, 0.4) is 0 Å². The quantitative estimate of drug-likeness (QED) is 0.809. The first-order chi connectivity index (χ1) is 9.65. The number of nitrogens with zero attached hydrogens (tertiary/aromatic N) is 1. The van der Waals surface area contributed by atoms with E-state index in [2.05, 4.69) is 43.0 Å². The van der Waals surface area contributed by atoms with Gasteiger partial charge in [0.25, 0.3) is 0 Å². The van der Waals surface area contributed by atoms with Gasteiger partial charge in [-0.25, -0.2) is 0 Å². The van der Waals surface area contributed by atoms with Crippen LogP contribution in [0.4, 0.5) is 5.69 Å². The van der Waals surface area contributed by atoms with Crippen molar-refractivity contribution in [2.45, 2.75) is 45.6 Å². The van der Waals surface area contributed by atoms with Gasteiger partial charge in [0.05, 0.1) is 6.61 Å². The van der Waals surface area contributed by atoms with Gasteiger partial charge in [0, 0.05) is 30.9 Å². The molecule has 2 N–H and O–H groups in total. The number of rotatable bonds is 6. The molecular weight excluding hydrogens is 248 g/mol. The Balaban J connectivity index is 1.84. The van der Waals surface area contributed by atoms with Crippen LogP contribution in [0.2, 0.25) is 0 Å². The van der Waals surface area contributed by atoms with Gasteiger partial charge in [0.15, 0.2) is 0 Å². The molecule has 0 unspecified atom stereocenters. The van der Waals surface area contributed by atoms with Crippen LogP contribution in [0, 0.1) is 5.92 Å². The van der Waals surface area contributed by atoms with Crippen LogP contribution in [0.25, 0.3) is 0 Å². The van der Waals surface area contributed by atoms with Gasteiger partial charge in [-0.05, 0) is 43.7 Å². The summed E-state index contributed by atoms with van der Waals surface area (Å²) in [6.07, 6.45) is 4.52. The molecule has 1 fully saturated rings. The minimum atomic E-state index is 0.377. The van der Waals surface area contributed by atoms with Crippen LogP contribution in [0.5, 0.6) is 5.75 Å². The van der Waals surface area contributed by atoms with Gasteiger partial charge in [-0.2, -0.15) is 0 Å². The predicted octanol–water partition coefficient (Wildman–Crippen LogP) is 3.43. The van der Waals surface area contributed by atoms with E-state index in [9.17, 15) is 0 Å². The standard InChI is InChI=1S/C17H28N2O/c1-14(2)5-4-12-20-17-7-3-6-16(13-17)19-10-8-15(18)9-11-19/h3,6-7,13-15H,4-5,8-12,18H2,1-2H3. The number of ether oxygens (including phenoxy) is 1. The van der Waals surface area contributed by atoms with Gasteiger partial charge in [0.2, 0.25) is 0 Å². The van der Waals surface area contributed by atoms with Crippen molar-refractivity contribution in [1.82, 2.24) is 0 Å². The van der Waals surface area contributed by atoms with E-state index in [1.807, 2.05) is 0 Å². The van der Waals surface area contributed by atoms with Crippen molar-refractivity contribution in [3.8, 4) is 5.75 Å². The van der Waals surface area contributed by atoms with Crippen LogP contribution >= 0.6 is 0 Å². The maximum Gasteiger partial charge on any atom is 0.121 e. The van der Waals surface area contributed by atoms with Crippen molar-refractivity contribution in [2.24, 2.45) is 11.7 Å². The Labute approximate surface area is 123 Å². The van der Waals surface area contributed by atoms with Crippen molar-refractivity contribution in [3.63, 3.8) is 0 Å². The Morgan fingerprint density at radius 1 is 1.30 bits per heavy atom. The summed E-state index contributed by atoms with van der Waals surface area (Å²) in [7, 11) is 0. The molecule has 1 aliphatic rings. The molecule has 0 aromatic heterocycles. The molecule has 1 saturated heterocycles. The van der Waals surface area contributed by atoms with Crippen molar-refractivity contribution in [2.75, 3.05) is 24.6 Å². The highest BCUT2D eigenvalue weighted by Crippen LogP contribution is 2.24. The monoisotopic (exact) mass is 276 g/mol. The molecule has 3 heteroatoms. The number of piperidine rings is 1. The highest BCUT2D eigenvalue weighted by molar-refractivity contribution is 5.51. The Hall–Kier alpha value is -1.22. The summed E-state index contributed by atoms with van der Waals surface area (Å²) in [5, 5.41) is 0. The molecule has 112 valence electrons. The van der Waals surface area contributed by atoms with Gasteiger partial charge >= 0.3 is 0 Å². The zero-order valence-corrected chi connectivity index (χ0v) is 12.8. The molecule has 1 aliphatic heterocycles. The fraction of sp³-hybridized carbons (Fsp3) is 0.647. The number of benzene rings is 1. The summed E-state index contributed by atoms with van der Waals surface area (Å²) < 4.78 is 5.86. The van der Waals surface area contributed by atoms with Crippen LogP contribution in [-0.4, -0.2) is 25.7 Å². The normalized spacial score (nSPS) is 16.7. The molecule has 0 atom stereocenters. The molecular formula is C17H28N2O. The molecule has 0 saturated carbocycles. The molecule has 3 nitrogen and oxygen atoms in total. The molecule has 20 heavy (non-hydrogen) atoms. The molecule has 1 aromatic carbocycles. The van der Waals surface area contributed by atoms with Crippen molar-refractivity contribution in [3.05, 3.63) is 24.3 Å². The second kappa shape index (κ2) is 7.53. The molecule has 0 aliphatic carbocycles. The lowest BCUT2D eigenvalue weighted by Crippen LogP contribution is -2.39. The van der Waals surface area contributed by atoms with E-state index in [0.717, 1.165) is 50.6 Å². The number of nitrogens with two attached hydrogens (primary N) is 1. The van der Waals surface area contributed by atoms with Crippen LogP contribution in [0.15, 0.2) is 24.3 Å². The first kappa shape index (κ1) is 15.2. The Bertz CT molecular complexity index is 398.